The summed E-state index contributed by atoms with van der Waals surface area (Å²) in [6, 6.07) is 7.81. The average molecular weight is 389 g/mol. The van der Waals surface area contributed by atoms with E-state index >= 15 is 0 Å². The van der Waals surface area contributed by atoms with E-state index in [1.165, 1.54) is 0 Å². The van der Waals surface area contributed by atoms with E-state index in [1.807, 2.05) is 31.2 Å². The van der Waals surface area contributed by atoms with Crippen LogP contribution in [0.3, 0.4) is 0 Å². The fraction of sp³-hybridized carbons (Fsp3) is 0.421. The molecule has 0 unspecified atom stereocenters. The van der Waals surface area contributed by atoms with Crippen molar-refractivity contribution in [2.75, 3.05) is 6.61 Å². The molecule has 1 aromatic heterocycles. The molecule has 0 saturated carbocycles. The molecule has 2 aromatic rings. The molecule has 0 radical (unpaired) electrons. The van der Waals surface area contributed by atoms with Gasteiger partial charge in [-0.25, -0.2) is 14.8 Å². The zero-order valence-electron chi connectivity index (χ0n) is 14.2. The number of aryl methyl sites for hydroxylation is 1. The zero-order chi connectivity index (χ0) is 17.3. The predicted octanol–water partition coefficient (Wildman–Crippen LogP) is 4.60. The van der Waals surface area contributed by atoms with Crippen LogP contribution in [0.2, 0.25) is 0 Å². The third-order valence-electron chi connectivity index (χ3n) is 4.34. The summed E-state index contributed by atoms with van der Waals surface area (Å²) in [7, 11) is 0. The molecule has 24 heavy (non-hydrogen) atoms. The third kappa shape index (κ3) is 3.51. The molecule has 1 aliphatic rings. The van der Waals surface area contributed by atoms with Gasteiger partial charge in [0.15, 0.2) is 11.5 Å². The molecule has 126 valence electrons. The number of rotatable bonds is 3. The van der Waals surface area contributed by atoms with Gasteiger partial charge in [-0.2, -0.15) is 0 Å². The van der Waals surface area contributed by atoms with E-state index in [9.17, 15) is 4.79 Å². The van der Waals surface area contributed by atoms with E-state index in [0.29, 0.717) is 18.1 Å². The van der Waals surface area contributed by atoms with E-state index in [2.05, 4.69) is 34.8 Å². The molecule has 0 amide bonds. The zero-order valence-corrected chi connectivity index (χ0v) is 15.8. The highest BCUT2D eigenvalue weighted by Crippen LogP contribution is 2.36. The average Bonchev–Trinajstić information content (AvgIpc) is 2.53. The topological polar surface area (TPSA) is 52.1 Å². The van der Waals surface area contributed by atoms with Crippen molar-refractivity contribution >= 4 is 21.9 Å². The van der Waals surface area contributed by atoms with E-state index < -0.39 is 0 Å². The van der Waals surface area contributed by atoms with Crippen LogP contribution in [0.25, 0.3) is 11.4 Å². The Morgan fingerprint density at radius 1 is 1.33 bits per heavy atom. The number of hydrogen-bond donors (Lipinski definition) is 0. The first-order chi connectivity index (χ1) is 11.4. The number of nitrogens with zero attached hydrogens (tertiary/aromatic N) is 2. The van der Waals surface area contributed by atoms with Gasteiger partial charge >= 0.3 is 5.97 Å². The van der Waals surface area contributed by atoms with Gasteiger partial charge in [0.1, 0.15) is 0 Å². The van der Waals surface area contributed by atoms with Crippen LogP contribution in [0, 0.1) is 5.41 Å². The van der Waals surface area contributed by atoms with Crippen LogP contribution in [0.4, 0.5) is 0 Å². The Morgan fingerprint density at radius 3 is 2.83 bits per heavy atom. The minimum absolute atomic E-state index is 0.148. The van der Waals surface area contributed by atoms with Crippen LogP contribution in [0.15, 0.2) is 28.7 Å². The Kier molecular flexibility index (Phi) is 4.72. The molecule has 1 aliphatic carbocycles. The van der Waals surface area contributed by atoms with E-state index in [1.54, 1.807) is 0 Å². The molecule has 1 aromatic carbocycles. The van der Waals surface area contributed by atoms with Crippen LogP contribution in [-0.4, -0.2) is 22.5 Å². The Hall–Kier alpha value is -1.75. The summed E-state index contributed by atoms with van der Waals surface area (Å²) < 4.78 is 6.20. The summed E-state index contributed by atoms with van der Waals surface area (Å²) in [5.74, 6) is 0.225. The highest BCUT2D eigenvalue weighted by molar-refractivity contribution is 9.10. The monoisotopic (exact) mass is 388 g/mol. The SMILES string of the molecule is CCOC(=O)c1nc(-c2cccc(Br)c2)nc2c1CC(C)(C)CC2. The van der Waals surface area contributed by atoms with Gasteiger partial charge < -0.3 is 4.74 Å². The molecular weight excluding hydrogens is 368 g/mol. The van der Waals surface area contributed by atoms with Crippen molar-refractivity contribution < 1.29 is 9.53 Å². The summed E-state index contributed by atoms with van der Waals surface area (Å²) >= 11 is 3.47. The fourth-order valence-corrected chi connectivity index (χ4v) is 3.47. The van der Waals surface area contributed by atoms with Crippen molar-refractivity contribution in [2.24, 2.45) is 5.41 Å². The lowest BCUT2D eigenvalue weighted by molar-refractivity contribution is 0.0516. The van der Waals surface area contributed by atoms with Crippen LogP contribution >= 0.6 is 15.9 Å². The van der Waals surface area contributed by atoms with Crippen molar-refractivity contribution in [1.82, 2.24) is 9.97 Å². The van der Waals surface area contributed by atoms with E-state index in [-0.39, 0.29) is 11.4 Å². The Morgan fingerprint density at radius 2 is 2.12 bits per heavy atom. The van der Waals surface area contributed by atoms with Gasteiger partial charge in [0.2, 0.25) is 0 Å². The minimum atomic E-state index is -0.356. The largest absolute Gasteiger partial charge is 0.461 e. The Labute approximate surface area is 150 Å². The van der Waals surface area contributed by atoms with Crippen LogP contribution < -0.4 is 0 Å². The lowest BCUT2D eigenvalue weighted by atomic mass is 9.75. The van der Waals surface area contributed by atoms with Gasteiger partial charge in [-0.05, 0) is 43.7 Å². The number of ether oxygens (including phenoxy) is 1. The smallest absolute Gasteiger partial charge is 0.357 e. The van der Waals surface area contributed by atoms with Crippen LogP contribution in [0.1, 0.15) is 48.9 Å². The molecular formula is C19H21BrN2O2. The number of fused-ring (bicyclic) bond motifs is 1. The number of benzene rings is 1. The van der Waals surface area contributed by atoms with Crippen molar-refractivity contribution in [3.63, 3.8) is 0 Å². The molecule has 4 nitrogen and oxygen atoms in total. The predicted molar refractivity (Wildman–Crippen MR) is 96.9 cm³/mol. The normalized spacial score (nSPS) is 15.7. The summed E-state index contributed by atoms with van der Waals surface area (Å²) in [6.07, 6.45) is 2.71. The van der Waals surface area contributed by atoms with Crippen molar-refractivity contribution in [3.8, 4) is 11.4 Å². The number of carbonyl (C=O) groups excluding carboxylic acids is 1. The van der Waals surface area contributed by atoms with Crippen molar-refractivity contribution in [3.05, 3.63) is 45.7 Å². The van der Waals surface area contributed by atoms with Gasteiger partial charge in [-0.3, -0.25) is 0 Å². The van der Waals surface area contributed by atoms with Crippen molar-refractivity contribution in [2.45, 2.75) is 40.0 Å². The molecule has 0 bridgehead atoms. The van der Waals surface area contributed by atoms with Gasteiger partial charge in [-0.15, -0.1) is 0 Å². The molecule has 3 rings (SSSR count). The first-order valence-electron chi connectivity index (χ1n) is 8.22. The summed E-state index contributed by atoms with van der Waals surface area (Å²) in [6.45, 7) is 6.58. The second kappa shape index (κ2) is 6.63. The fourth-order valence-electron chi connectivity index (χ4n) is 3.07. The van der Waals surface area contributed by atoms with Gasteiger partial charge in [-0.1, -0.05) is 41.9 Å². The first-order valence-corrected chi connectivity index (χ1v) is 9.02. The summed E-state index contributed by atoms with van der Waals surface area (Å²) in [5.41, 5.74) is 3.38. The second-order valence-corrected chi connectivity index (χ2v) is 7.81. The molecule has 0 N–H and O–H groups in total. The maximum Gasteiger partial charge on any atom is 0.357 e. The van der Waals surface area contributed by atoms with Gasteiger partial charge in [0.25, 0.3) is 0 Å². The highest BCUT2D eigenvalue weighted by Gasteiger charge is 2.31. The van der Waals surface area contributed by atoms with E-state index in [4.69, 9.17) is 9.72 Å². The summed E-state index contributed by atoms with van der Waals surface area (Å²) in [5, 5.41) is 0. The maximum absolute atomic E-state index is 12.5. The molecule has 5 heteroatoms. The van der Waals surface area contributed by atoms with Crippen LogP contribution in [0.5, 0.6) is 0 Å². The maximum atomic E-state index is 12.5. The van der Waals surface area contributed by atoms with Gasteiger partial charge in [0, 0.05) is 21.3 Å². The number of carbonyl (C=O) groups is 1. The lowest BCUT2D eigenvalue weighted by Gasteiger charge is -2.31. The molecule has 0 spiro atoms. The lowest BCUT2D eigenvalue weighted by Crippen LogP contribution is -2.27. The van der Waals surface area contributed by atoms with Gasteiger partial charge in [0.05, 0.1) is 6.61 Å². The first kappa shape index (κ1) is 17.1. The number of esters is 1. The number of aromatic nitrogens is 2. The van der Waals surface area contributed by atoms with Crippen LogP contribution in [-0.2, 0) is 17.6 Å². The quantitative estimate of drug-likeness (QED) is 0.721. The minimum Gasteiger partial charge on any atom is -0.461 e. The standard InChI is InChI=1S/C19H21BrN2O2/c1-4-24-18(23)16-14-11-19(2,3)9-8-15(14)21-17(22-16)12-6-5-7-13(20)10-12/h5-7,10H,4,8-9,11H2,1-3H3. The third-order valence-corrected chi connectivity index (χ3v) is 4.83. The second-order valence-electron chi connectivity index (χ2n) is 6.89. The Bertz CT molecular complexity index is 787. The molecule has 0 fully saturated rings. The van der Waals surface area contributed by atoms with E-state index in [0.717, 1.165) is 40.6 Å². The van der Waals surface area contributed by atoms with Crippen molar-refractivity contribution in [1.29, 1.82) is 0 Å². The summed E-state index contributed by atoms with van der Waals surface area (Å²) in [4.78, 5) is 21.8. The molecule has 1 heterocycles. The number of hydrogen-bond acceptors (Lipinski definition) is 4. The molecule has 0 aliphatic heterocycles. The highest BCUT2D eigenvalue weighted by atomic mass is 79.9. The number of halogens is 1. The molecule has 0 atom stereocenters. The molecule has 0 saturated heterocycles. The Balaban J connectivity index is 2.14.